The molecule has 38 heavy (non-hydrogen) atoms. The van der Waals surface area contributed by atoms with Crippen LogP contribution in [0.3, 0.4) is 0 Å². The molecule has 0 aliphatic rings. The van der Waals surface area contributed by atoms with Gasteiger partial charge in [0, 0.05) is 54.6 Å². The first-order chi connectivity index (χ1) is 18.2. The topological polar surface area (TPSA) is 81.9 Å². The quantitative estimate of drug-likeness (QED) is 0.271. The molecule has 192 valence electrons. The molecule has 0 N–H and O–H groups in total. The van der Waals surface area contributed by atoms with E-state index < -0.39 is 33.0 Å². The summed E-state index contributed by atoms with van der Waals surface area (Å²) in [5.74, 6) is -3.24. The van der Waals surface area contributed by atoms with Crippen LogP contribution < -0.4 is 0 Å². The molecule has 2 aromatic carbocycles. The number of hydrogen-bond acceptors (Lipinski definition) is 5. The van der Waals surface area contributed by atoms with Gasteiger partial charge in [0.2, 0.25) is 0 Å². The molecule has 0 fully saturated rings. The lowest BCUT2D eigenvalue weighted by atomic mass is 10.0. The number of aryl methyl sites for hydroxylation is 1. The van der Waals surface area contributed by atoms with Gasteiger partial charge in [-0.2, -0.15) is 0 Å². The van der Waals surface area contributed by atoms with Gasteiger partial charge in [-0.1, -0.05) is 30.3 Å². The van der Waals surface area contributed by atoms with Crippen molar-refractivity contribution in [2.45, 2.75) is 24.8 Å². The van der Waals surface area contributed by atoms with E-state index in [1.54, 1.807) is 24.4 Å². The minimum atomic E-state index is -4.24. The highest BCUT2D eigenvalue weighted by Crippen LogP contribution is 2.31. The Bertz CT molecular complexity index is 1750. The van der Waals surface area contributed by atoms with Crippen molar-refractivity contribution < 1.29 is 22.0 Å². The number of sulfone groups is 1. The predicted octanol–water partition coefficient (Wildman–Crippen LogP) is 5.32. The molecule has 9 heteroatoms. The summed E-state index contributed by atoms with van der Waals surface area (Å²) >= 11 is 0. The van der Waals surface area contributed by atoms with E-state index in [9.17, 15) is 22.0 Å². The van der Waals surface area contributed by atoms with Crippen molar-refractivity contribution in [2.24, 2.45) is 0 Å². The maximum absolute atomic E-state index is 15.0. The maximum Gasteiger partial charge on any atom is 0.187 e. The molecule has 0 radical (unpaired) electrons. The number of aromatic nitrogens is 3. The Balaban J connectivity index is 1.50. The van der Waals surface area contributed by atoms with Gasteiger partial charge in [-0.3, -0.25) is 14.8 Å². The predicted molar refractivity (Wildman–Crippen MR) is 140 cm³/mol. The van der Waals surface area contributed by atoms with Crippen molar-refractivity contribution in [1.29, 1.82) is 0 Å². The Labute approximate surface area is 218 Å². The van der Waals surface area contributed by atoms with Gasteiger partial charge in [-0.05, 0) is 48.4 Å². The van der Waals surface area contributed by atoms with Crippen LogP contribution in [0.5, 0.6) is 0 Å². The van der Waals surface area contributed by atoms with E-state index >= 15 is 0 Å². The average molecular weight is 532 g/mol. The fraction of sp³-hybridized carbons (Fsp3) is 0.138. The summed E-state index contributed by atoms with van der Waals surface area (Å²) < 4.78 is 57.3. The van der Waals surface area contributed by atoms with E-state index in [4.69, 9.17) is 0 Å². The van der Waals surface area contributed by atoms with Gasteiger partial charge in [-0.25, -0.2) is 17.2 Å². The summed E-state index contributed by atoms with van der Waals surface area (Å²) in [6, 6.07) is 18.1. The molecule has 0 saturated carbocycles. The van der Waals surface area contributed by atoms with Gasteiger partial charge in [0.05, 0.1) is 15.8 Å². The summed E-state index contributed by atoms with van der Waals surface area (Å²) in [6.07, 6.45) is 4.38. The fourth-order valence-corrected chi connectivity index (χ4v) is 5.89. The van der Waals surface area contributed by atoms with Gasteiger partial charge >= 0.3 is 0 Å². The molecule has 0 saturated heterocycles. The van der Waals surface area contributed by atoms with Crippen LogP contribution in [0.4, 0.5) is 8.78 Å². The van der Waals surface area contributed by atoms with Crippen molar-refractivity contribution in [2.75, 3.05) is 5.75 Å². The number of ketones is 1. The Morgan fingerprint density at radius 2 is 1.79 bits per heavy atom. The molecule has 6 nitrogen and oxygen atoms in total. The standard InChI is InChI=1S/C29H23F2N3O3S/c1-19-8-9-22(15-33-19)21-6-4-5-20(11-21)16-34-17-28(29-26(31)12-23(30)13-27(29)34)38(36,37)18-25(35)14-24-7-2-3-10-32-24/h2-13,15,17H,14,16,18H2,1H3. The second-order valence-electron chi connectivity index (χ2n) is 9.09. The number of rotatable bonds is 8. The van der Waals surface area contributed by atoms with E-state index in [-0.39, 0.29) is 28.8 Å². The zero-order valence-corrected chi connectivity index (χ0v) is 21.3. The molecule has 0 atom stereocenters. The van der Waals surface area contributed by atoms with Crippen LogP contribution in [0, 0.1) is 18.6 Å². The highest BCUT2D eigenvalue weighted by Gasteiger charge is 2.27. The van der Waals surface area contributed by atoms with E-state index in [2.05, 4.69) is 9.97 Å². The van der Waals surface area contributed by atoms with Crippen LogP contribution in [0.25, 0.3) is 22.0 Å². The lowest BCUT2D eigenvalue weighted by Gasteiger charge is -2.09. The zero-order chi connectivity index (χ0) is 26.9. The number of halogens is 2. The molecule has 0 bridgehead atoms. The zero-order valence-electron chi connectivity index (χ0n) is 20.4. The highest BCUT2D eigenvalue weighted by atomic mass is 32.2. The normalized spacial score (nSPS) is 11.7. The summed E-state index contributed by atoms with van der Waals surface area (Å²) in [7, 11) is -4.24. The third-order valence-corrected chi connectivity index (χ3v) is 7.86. The Morgan fingerprint density at radius 3 is 2.53 bits per heavy atom. The third-order valence-electron chi connectivity index (χ3n) is 6.18. The van der Waals surface area contributed by atoms with Crippen molar-refractivity contribution in [3.05, 3.63) is 114 Å². The molecule has 0 aliphatic carbocycles. The molecule has 3 aromatic heterocycles. The van der Waals surface area contributed by atoms with E-state index in [0.29, 0.717) is 11.8 Å². The van der Waals surface area contributed by atoms with E-state index in [1.165, 1.54) is 17.0 Å². The summed E-state index contributed by atoms with van der Waals surface area (Å²) in [4.78, 5) is 20.6. The van der Waals surface area contributed by atoms with Crippen molar-refractivity contribution >= 4 is 26.5 Å². The number of hydrogen-bond donors (Lipinski definition) is 0. The first kappa shape index (κ1) is 25.4. The summed E-state index contributed by atoms with van der Waals surface area (Å²) in [5, 5.41) is -0.240. The minimum absolute atomic E-state index is 0.0839. The largest absolute Gasteiger partial charge is 0.342 e. The van der Waals surface area contributed by atoms with E-state index in [1.807, 2.05) is 43.3 Å². The monoisotopic (exact) mass is 531 g/mol. The molecule has 3 heterocycles. The molecule has 0 spiro atoms. The molecular weight excluding hydrogens is 508 g/mol. The fourth-order valence-electron chi connectivity index (χ4n) is 4.40. The van der Waals surface area contributed by atoms with Crippen LogP contribution >= 0.6 is 0 Å². The van der Waals surface area contributed by atoms with Crippen LogP contribution in [-0.2, 0) is 27.6 Å². The van der Waals surface area contributed by atoms with Crippen LogP contribution in [-0.4, -0.2) is 34.5 Å². The maximum atomic E-state index is 15.0. The summed E-state index contributed by atoms with van der Waals surface area (Å²) in [6.45, 7) is 2.05. The Hall–Kier alpha value is -4.24. The molecule has 0 aliphatic heterocycles. The SMILES string of the molecule is Cc1ccc(-c2cccc(Cn3cc(S(=O)(=O)CC(=O)Cc4ccccn4)c4c(F)cc(F)cc43)c2)cn1. The van der Waals surface area contributed by atoms with Crippen LogP contribution in [0.2, 0.25) is 0 Å². The van der Waals surface area contributed by atoms with Crippen molar-refractivity contribution in [1.82, 2.24) is 14.5 Å². The second kappa shape index (κ2) is 10.3. The van der Waals surface area contributed by atoms with Gasteiger partial charge in [0.25, 0.3) is 0 Å². The van der Waals surface area contributed by atoms with Gasteiger partial charge in [0.1, 0.15) is 17.4 Å². The van der Waals surface area contributed by atoms with Crippen molar-refractivity contribution in [3.8, 4) is 11.1 Å². The van der Waals surface area contributed by atoms with Crippen LogP contribution in [0.1, 0.15) is 17.0 Å². The first-order valence-electron chi connectivity index (χ1n) is 11.8. The number of benzene rings is 2. The summed E-state index contributed by atoms with van der Waals surface area (Å²) in [5.41, 5.74) is 4.01. The lowest BCUT2D eigenvalue weighted by molar-refractivity contribution is -0.116. The lowest BCUT2D eigenvalue weighted by Crippen LogP contribution is -2.18. The van der Waals surface area contributed by atoms with Gasteiger partial charge in [0.15, 0.2) is 15.6 Å². The molecule has 5 aromatic rings. The number of fused-ring (bicyclic) bond motifs is 1. The van der Waals surface area contributed by atoms with Gasteiger partial charge < -0.3 is 4.57 Å². The first-order valence-corrected chi connectivity index (χ1v) is 13.5. The molecule has 0 amide bonds. The Morgan fingerprint density at radius 1 is 0.947 bits per heavy atom. The van der Waals surface area contributed by atoms with Gasteiger partial charge in [-0.15, -0.1) is 0 Å². The number of pyridine rings is 2. The van der Waals surface area contributed by atoms with Crippen LogP contribution in [0.15, 0.2) is 90.2 Å². The molecule has 0 unspecified atom stereocenters. The number of carbonyl (C=O) groups is 1. The molecular formula is C29H23F2N3O3S. The minimum Gasteiger partial charge on any atom is -0.342 e. The highest BCUT2D eigenvalue weighted by molar-refractivity contribution is 7.92. The van der Waals surface area contributed by atoms with Crippen molar-refractivity contribution in [3.63, 3.8) is 0 Å². The van der Waals surface area contributed by atoms with E-state index in [0.717, 1.165) is 28.5 Å². The number of Topliss-reactive ketones (excluding diaryl/α,β-unsaturated/α-hetero) is 1. The second-order valence-corrected chi connectivity index (χ2v) is 11.0. The Kier molecular flexibility index (Phi) is 6.86. The third kappa shape index (κ3) is 5.38. The molecule has 5 rings (SSSR count). The number of carbonyl (C=O) groups excluding carboxylic acids is 1. The average Bonchev–Trinajstić information content (AvgIpc) is 3.24. The number of nitrogens with zero attached hydrogens (tertiary/aromatic N) is 3. The smallest absolute Gasteiger partial charge is 0.187 e.